The Morgan fingerprint density at radius 1 is 1.00 bits per heavy atom. The fourth-order valence-electron chi connectivity index (χ4n) is 2.84. The predicted octanol–water partition coefficient (Wildman–Crippen LogP) is 2.72. The first kappa shape index (κ1) is 15.1. The number of aliphatic hydroxyl groups excluding tert-OH is 1. The number of ether oxygens (including phenoxy) is 1. The minimum Gasteiger partial charge on any atom is -0.396 e. The number of fused-ring (bicyclic) bond motifs is 1. The first-order chi connectivity index (χ1) is 11.8. The molecule has 2 N–H and O–H groups in total. The van der Waals surface area contributed by atoms with Crippen molar-refractivity contribution in [3.8, 4) is 11.4 Å². The number of benzene rings is 2. The summed E-state index contributed by atoms with van der Waals surface area (Å²) >= 11 is 0. The number of para-hydroxylation sites is 1. The molecular formula is C19H19N3O2. The van der Waals surface area contributed by atoms with Gasteiger partial charge in [0.05, 0.1) is 30.8 Å². The van der Waals surface area contributed by atoms with E-state index in [0.717, 1.165) is 22.3 Å². The number of hydrogen-bond acceptors (Lipinski definition) is 5. The van der Waals surface area contributed by atoms with Crippen molar-refractivity contribution in [2.45, 2.75) is 0 Å². The van der Waals surface area contributed by atoms with Gasteiger partial charge in [0.25, 0.3) is 0 Å². The Bertz CT molecular complexity index is 842. The van der Waals surface area contributed by atoms with Gasteiger partial charge in [-0.1, -0.05) is 42.5 Å². The van der Waals surface area contributed by atoms with Crippen LogP contribution >= 0.6 is 0 Å². The van der Waals surface area contributed by atoms with Gasteiger partial charge in [-0.3, -0.25) is 0 Å². The molecule has 1 fully saturated rings. The van der Waals surface area contributed by atoms with Gasteiger partial charge in [-0.25, -0.2) is 9.97 Å². The average Bonchev–Trinajstić information content (AvgIpc) is 2.61. The Kier molecular flexibility index (Phi) is 3.88. The summed E-state index contributed by atoms with van der Waals surface area (Å²) < 4.78 is 5.27. The van der Waals surface area contributed by atoms with E-state index in [-0.39, 0.29) is 12.0 Å². The predicted molar refractivity (Wildman–Crippen MR) is 93.8 cm³/mol. The topological polar surface area (TPSA) is 67.3 Å². The lowest BCUT2D eigenvalue weighted by molar-refractivity contribution is -0.128. The molecule has 2 aromatic carbocycles. The van der Waals surface area contributed by atoms with E-state index in [4.69, 9.17) is 9.72 Å². The highest BCUT2D eigenvalue weighted by molar-refractivity contribution is 5.90. The maximum atomic E-state index is 9.61. The summed E-state index contributed by atoms with van der Waals surface area (Å²) in [5, 5.41) is 14.0. The van der Waals surface area contributed by atoms with Crippen LogP contribution in [0.5, 0.6) is 0 Å². The Hall–Kier alpha value is -2.50. The number of anilines is 1. The van der Waals surface area contributed by atoms with Gasteiger partial charge in [0.15, 0.2) is 5.82 Å². The van der Waals surface area contributed by atoms with E-state index in [1.807, 2.05) is 54.6 Å². The molecule has 2 heterocycles. The molecule has 0 unspecified atom stereocenters. The molecule has 3 aromatic rings. The zero-order chi connectivity index (χ0) is 16.4. The molecule has 0 aliphatic carbocycles. The molecule has 4 rings (SSSR count). The molecule has 1 aliphatic heterocycles. The Morgan fingerprint density at radius 3 is 2.46 bits per heavy atom. The standard InChI is InChI=1S/C19H19N3O2/c23-11-19(12-24-13-19)10-20-18-15-8-4-5-9-16(15)21-17(22-18)14-6-2-1-3-7-14/h1-9,23H,10-13H2,(H,20,21,22). The van der Waals surface area contributed by atoms with Gasteiger partial charge in [-0.05, 0) is 12.1 Å². The summed E-state index contributed by atoms with van der Waals surface area (Å²) in [7, 11) is 0. The molecule has 0 saturated carbocycles. The van der Waals surface area contributed by atoms with E-state index in [9.17, 15) is 5.11 Å². The summed E-state index contributed by atoms with van der Waals surface area (Å²) in [6.45, 7) is 1.88. The second-order valence-corrected chi connectivity index (χ2v) is 6.28. The van der Waals surface area contributed by atoms with Crippen LogP contribution in [0.25, 0.3) is 22.3 Å². The van der Waals surface area contributed by atoms with Crippen LogP contribution in [0.3, 0.4) is 0 Å². The second-order valence-electron chi connectivity index (χ2n) is 6.28. The van der Waals surface area contributed by atoms with E-state index < -0.39 is 0 Å². The quantitative estimate of drug-likeness (QED) is 0.756. The summed E-state index contributed by atoms with van der Waals surface area (Å²) in [6, 6.07) is 17.9. The third kappa shape index (κ3) is 2.72. The molecule has 0 radical (unpaired) electrons. The smallest absolute Gasteiger partial charge is 0.162 e. The zero-order valence-corrected chi connectivity index (χ0v) is 13.3. The van der Waals surface area contributed by atoms with E-state index >= 15 is 0 Å². The molecule has 5 nitrogen and oxygen atoms in total. The monoisotopic (exact) mass is 321 g/mol. The number of rotatable bonds is 5. The molecule has 1 saturated heterocycles. The van der Waals surface area contributed by atoms with E-state index in [1.54, 1.807) is 0 Å². The maximum absolute atomic E-state index is 9.61. The zero-order valence-electron chi connectivity index (χ0n) is 13.3. The van der Waals surface area contributed by atoms with Gasteiger partial charge >= 0.3 is 0 Å². The fraction of sp³-hybridized carbons (Fsp3) is 0.263. The van der Waals surface area contributed by atoms with Crippen molar-refractivity contribution in [3.05, 3.63) is 54.6 Å². The minimum atomic E-state index is -0.209. The highest BCUT2D eigenvalue weighted by atomic mass is 16.5. The van der Waals surface area contributed by atoms with Crippen molar-refractivity contribution in [3.63, 3.8) is 0 Å². The lowest BCUT2D eigenvalue weighted by Gasteiger charge is -2.40. The summed E-state index contributed by atoms with van der Waals surface area (Å²) in [5.41, 5.74) is 1.67. The number of hydrogen-bond donors (Lipinski definition) is 2. The largest absolute Gasteiger partial charge is 0.396 e. The van der Waals surface area contributed by atoms with Gasteiger partial charge in [0.1, 0.15) is 5.82 Å². The molecule has 0 bridgehead atoms. The average molecular weight is 321 g/mol. The third-order valence-electron chi connectivity index (χ3n) is 4.42. The molecule has 24 heavy (non-hydrogen) atoms. The fourth-order valence-corrected chi connectivity index (χ4v) is 2.84. The van der Waals surface area contributed by atoms with Crippen molar-refractivity contribution < 1.29 is 9.84 Å². The van der Waals surface area contributed by atoms with Crippen LogP contribution in [0.1, 0.15) is 0 Å². The van der Waals surface area contributed by atoms with Crippen LogP contribution in [0.4, 0.5) is 5.82 Å². The molecule has 5 heteroatoms. The van der Waals surface area contributed by atoms with Crippen LogP contribution in [-0.4, -0.2) is 41.4 Å². The number of nitrogens with one attached hydrogen (secondary N) is 1. The summed E-state index contributed by atoms with van der Waals surface area (Å²) in [5.74, 6) is 1.49. The van der Waals surface area contributed by atoms with Gasteiger partial charge in [-0.2, -0.15) is 0 Å². The van der Waals surface area contributed by atoms with Crippen molar-refractivity contribution in [2.75, 3.05) is 31.7 Å². The van der Waals surface area contributed by atoms with Crippen LogP contribution in [-0.2, 0) is 4.74 Å². The first-order valence-corrected chi connectivity index (χ1v) is 8.04. The van der Waals surface area contributed by atoms with Crippen molar-refractivity contribution in [1.82, 2.24) is 9.97 Å². The van der Waals surface area contributed by atoms with Crippen LogP contribution in [0, 0.1) is 5.41 Å². The molecule has 1 aromatic heterocycles. The van der Waals surface area contributed by atoms with Crippen LogP contribution in [0.2, 0.25) is 0 Å². The Morgan fingerprint density at radius 2 is 1.75 bits per heavy atom. The Balaban J connectivity index is 1.72. The van der Waals surface area contributed by atoms with E-state index in [2.05, 4.69) is 10.3 Å². The van der Waals surface area contributed by atoms with E-state index in [1.165, 1.54) is 0 Å². The first-order valence-electron chi connectivity index (χ1n) is 8.04. The second kappa shape index (κ2) is 6.19. The Labute approximate surface area is 140 Å². The highest BCUT2D eigenvalue weighted by Crippen LogP contribution is 2.29. The van der Waals surface area contributed by atoms with E-state index in [0.29, 0.717) is 25.6 Å². The summed E-state index contributed by atoms with van der Waals surface area (Å²) in [4.78, 5) is 9.40. The van der Waals surface area contributed by atoms with Crippen LogP contribution in [0.15, 0.2) is 54.6 Å². The lowest BCUT2D eigenvalue weighted by Crippen LogP contribution is -2.50. The molecule has 0 amide bonds. The van der Waals surface area contributed by atoms with Gasteiger partial charge in [-0.15, -0.1) is 0 Å². The molecule has 1 aliphatic rings. The highest BCUT2D eigenvalue weighted by Gasteiger charge is 2.38. The summed E-state index contributed by atoms with van der Waals surface area (Å²) in [6.07, 6.45) is 0. The van der Waals surface area contributed by atoms with Crippen molar-refractivity contribution in [2.24, 2.45) is 5.41 Å². The van der Waals surface area contributed by atoms with Crippen molar-refractivity contribution >= 4 is 16.7 Å². The van der Waals surface area contributed by atoms with Crippen molar-refractivity contribution in [1.29, 1.82) is 0 Å². The number of aliphatic hydroxyl groups is 1. The molecule has 0 atom stereocenters. The maximum Gasteiger partial charge on any atom is 0.162 e. The molecule has 122 valence electrons. The number of aromatic nitrogens is 2. The van der Waals surface area contributed by atoms with Crippen LogP contribution < -0.4 is 5.32 Å². The normalized spacial score (nSPS) is 15.9. The minimum absolute atomic E-state index is 0.106. The van der Waals surface area contributed by atoms with Gasteiger partial charge < -0.3 is 15.2 Å². The molecular weight excluding hydrogens is 302 g/mol. The lowest BCUT2D eigenvalue weighted by atomic mass is 9.87. The van der Waals surface area contributed by atoms with Gasteiger partial charge in [0, 0.05) is 17.5 Å². The number of nitrogens with zero attached hydrogens (tertiary/aromatic N) is 2. The third-order valence-corrected chi connectivity index (χ3v) is 4.42. The SMILES string of the molecule is OCC1(CNc2nc(-c3ccccc3)nc3ccccc23)COC1. The molecule has 0 spiro atoms. The van der Waals surface area contributed by atoms with Gasteiger partial charge in [0.2, 0.25) is 0 Å².